The van der Waals surface area contributed by atoms with Crippen molar-refractivity contribution >= 4 is 11.6 Å². The Morgan fingerprint density at radius 1 is 1.17 bits per heavy atom. The monoisotopic (exact) mass is 396 g/mol. The Labute approximate surface area is 163 Å². The smallest absolute Gasteiger partial charge is 0.316 e. The zero-order valence-electron chi connectivity index (χ0n) is 15.1. The molecule has 2 aromatic heterocycles. The van der Waals surface area contributed by atoms with E-state index in [2.05, 4.69) is 25.8 Å². The quantitative estimate of drug-likeness (QED) is 0.556. The second-order valence-electron chi connectivity index (χ2n) is 6.29. The fraction of sp³-hybridized carbons (Fsp3) is 0.105. The number of carbonyl (C=O) groups is 1. The summed E-state index contributed by atoms with van der Waals surface area (Å²) in [5.41, 5.74) is 2.31. The molecule has 4 rings (SSSR count). The van der Waals surface area contributed by atoms with E-state index < -0.39 is 23.4 Å². The van der Waals surface area contributed by atoms with Gasteiger partial charge in [0.05, 0.1) is 18.4 Å². The number of anilines is 1. The molecule has 0 radical (unpaired) electrons. The zero-order chi connectivity index (χ0) is 20.4. The van der Waals surface area contributed by atoms with Gasteiger partial charge in [0.25, 0.3) is 0 Å². The maximum atomic E-state index is 13.7. The lowest BCUT2D eigenvalue weighted by Gasteiger charge is -2.03. The molecule has 0 bridgehead atoms. The van der Waals surface area contributed by atoms with E-state index in [1.807, 2.05) is 31.2 Å². The Hall–Kier alpha value is -3.95. The fourth-order valence-electron chi connectivity index (χ4n) is 2.55. The van der Waals surface area contributed by atoms with Crippen molar-refractivity contribution in [2.45, 2.75) is 13.5 Å². The van der Waals surface area contributed by atoms with Crippen LogP contribution >= 0.6 is 0 Å². The number of aromatic nitrogens is 5. The van der Waals surface area contributed by atoms with Crippen LogP contribution in [0.15, 0.2) is 53.2 Å². The van der Waals surface area contributed by atoms with Crippen molar-refractivity contribution in [3.05, 3.63) is 77.3 Å². The average Bonchev–Trinajstić information content (AvgIpc) is 3.35. The molecule has 0 fully saturated rings. The molecule has 29 heavy (non-hydrogen) atoms. The number of hydrogen-bond acceptors (Lipinski definition) is 6. The highest BCUT2D eigenvalue weighted by molar-refractivity contribution is 6.01. The van der Waals surface area contributed by atoms with Crippen LogP contribution < -0.4 is 5.32 Å². The van der Waals surface area contributed by atoms with Gasteiger partial charge < -0.3 is 9.84 Å². The molecule has 0 saturated carbocycles. The first kappa shape index (κ1) is 18.4. The predicted octanol–water partition coefficient (Wildman–Crippen LogP) is 3.22. The first-order valence-corrected chi connectivity index (χ1v) is 8.54. The van der Waals surface area contributed by atoms with Crippen LogP contribution in [-0.4, -0.2) is 31.0 Å². The lowest BCUT2D eigenvalue weighted by Crippen LogP contribution is -2.13. The number of aryl methyl sites for hydroxylation is 1. The molecule has 0 unspecified atom stereocenters. The summed E-state index contributed by atoms with van der Waals surface area (Å²) in [6, 6.07) is 10.7. The van der Waals surface area contributed by atoms with Crippen molar-refractivity contribution in [1.82, 2.24) is 25.1 Å². The Balaban J connectivity index is 1.46. The normalized spacial score (nSPS) is 10.9. The van der Waals surface area contributed by atoms with Crippen LogP contribution in [0.5, 0.6) is 0 Å². The van der Waals surface area contributed by atoms with Gasteiger partial charge in [0.2, 0.25) is 5.82 Å². The van der Waals surface area contributed by atoms with Gasteiger partial charge in [0, 0.05) is 6.07 Å². The second-order valence-corrected chi connectivity index (χ2v) is 6.29. The van der Waals surface area contributed by atoms with Gasteiger partial charge in [-0.2, -0.15) is 4.98 Å². The van der Waals surface area contributed by atoms with Crippen LogP contribution in [0, 0.1) is 18.6 Å². The predicted molar refractivity (Wildman–Crippen MR) is 97.9 cm³/mol. The van der Waals surface area contributed by atoms with Gasteiger partial charge in [-0.15, -0.1) is 5.10 Å². The molecule has 1 N–H and O–H groups in total. The van der Waals surface area contributed by atoms with Crippen molar-refractivity contribution in [3.63, 3.8) is 0 Å². The number of carbonyl (C=O) groups excluding carboxylic acids is 1. The lowest BCUT2D eigenvalue weighted by molar-refractivity contribution is 0.0981. The summed E-state index contributed by atoms with van der Waals surface area (Å²) in [4.78, 5) is 16.1. The summed E-state index contributed by atoms with van der Waals surface area (Å²) in [6.07, 6.45) is 1.62. The van der Waals surface area contributed by atoms with E-state index in [9.17, 15) is 13.6 Å². The molecule has 0 aliphatic heterocycles. The van der Waals surface area contributed by atoms with E-state index in [4.69, 9.17) is 4.52 Å². The molecule has 0 spiro atoms. The molecule has 0 atom stereocenters. The van der Waals surface area contributed by atoms with Crippen molar-refractivity contribution in [2.75, 3.05) is 5.32 Å². The number of nitrogens with zero attached hydrogens (tertiary/aromatic N) is 5. The topological polar surface area (TPSA) is 98.7 Å². The Bertz CT molecular complexity index is 1170. The molecular formula is C19H14F2N6O2. The fourth-order valence-corrected chi connectivity index (χ4v) is 2.55. The van der Waals surface area contributed by atoms with Crippen molar-refractivity contribution in [3.8, 4) is 11.5 Å². The number of benzene rings is 2. The van der Waals surface area contributed by atoms with Gasteiger partial charge >= 0.3 is 11.8 Å². The molecule has 1 amide bonds. The molecule has 146 valence electrons. The number of rotatable bonds is 5. The van der Waals surface area contributed by atoms with Gasteiger partial charge in [0.15, 0.2) is 5.69 Å². The Kier molecular flexibility index (Phi) is 4.82. The van der Waals surface area contributed by atoms with E-state index in [1.165, 1.54) is 0 Å². The molecule has 0 aliphatic carbocycles. The van der Waals surface area contributed by atoms with E-state index in [-0.39, 0.29) is 11.5 Å². The Morgan fingerprint density at radius 2 is 1.97 bits per heavy atom. The molecule has 2 aromatic carbocycles. The minimum Gasteiger partial charge on any atom is -0.328 e. The van der Waals surface area contributed by atoms with Gasteiger partial charge in [-0.1, -0.05) is 40.2 Å². The number of halogens is 2. The SMILES string of the molecule is Cc1ccc(Cn2cc(-c3noc(C(=O)Nc4ccc(F)cc4F)n3)nn2)cc1. The first-order valence-electron chi connectivity index (χ1n) is 8.54. The average molecular weight is 396 g/mol. The zero-order valence-corrected chi connectivity index (χ0v) is 15.1. The first-order chi connectivity index (χ1) is 14.0. The minimum atomic E-state index is -0.919. The van der Waals surface area contributed by atoms with E-state index in [1.54, 1.807) is 10.9 Å². The standard InChI is InChI=1S/C19H14F2N6O2/c1-11-2-4-12(5-3-11)9-27-10-16(24-26-27)17-23-19(29-25-17)18(28)22-15-7-6-13(20)8-14(15)21/h2-8,10H,9H2,1H3,(H,22,28). The molecule has 0 aliphatic rings. The molecule has 2 heterocycles. The van der Waals surface area contributed by atoms with E-state index in [0.29, 0.717) is 18.3 Å². The highest BCUT2D eigenvalue weighted by atomic mass is 19.1. The van der Waals surface area contributed by atoms with Crippen LogP contribution in [0.1, 0.15) is 21.8 Å². The highest BCUT2D eigenvalue weighted by Gasteiger charge is 2.19. The summed E-state index contributed by atoms with van der Waals surface area (Å²) < 4.78 is 33.1. The van der Waals surface area contributed by atoms with Crippen LogP contribution in [-0.2, 0) is 6.54 Å². The second kappa shape index (κ2) is 7.58. The molecule has 4 aromatic rings. The van der Waals surface area contributed by atoms with Gasteiger partial charge in [-0.05, 0) is 24.6 Å². The van der Waals surface area contributed by atoms with Crippen LogP contribution in [0.4, 0.5) is 14.5 Å². The van der Waals surface area contributed by atoms with Crippen LogP contribution in [0.3, 0.4) is 0 Å². The number of nitrogens with one attached hydrogen (secondary N) is 1. The summed E-state index contributed by atoms with van der Waals surface area (Å²) >= 11 is 0. The highest BCUT2D eigenvalue weighted by Crippen LogP contribution is 2.17. The number of hydrogen-bond donors (Lipinski definition) is 1. The summed E-state index contributed by atoms with van der Waals surface area (Å²) in [6.45, 7) is 2.51. The van der Waals surface area contributed by atoms with Gasteiger partial charge in [0.1, 0.15) is 11.6 Å². The maximum absolute atomic E-state index is 13.7. The molecular weight excluding hydrogens is 382 g/mol. The third-order valence-electron chi connectivity index (χ3n) is 4.03. The Morgan fingerprint density at radius 3 is 2.72 bits per heavy atom. The third kappa shape index (κ3) is 4.15. The van der Waals surface area contributed by atoms with Crippen LogP contribution in [0.2, 0.25) is 0 Å². The van der Waals surface area contributed by atoms with E-state index in [0.717, 1.165) is 23.3 Å². The van der Waals surface area contributed by atoms with Crippen molar-refractivity contribution < 1.29 is 18.1 Å². The summed E-state index contributed by atoms with van der Waals surface area (Å²) in [5, 5.41) is 13.9. The van der Waals surface area contributed by atoms with Crippen molar-refractivity contribution in [2.24, 2.45) is 0 Å². The summed E-state index contributed by atoms with van der Waals surface area (Å²) in [5.74, 6) is -2.84. The third-order valence-corrected chi connectivity index (χ3v) is 4.03. The lowest BCUT2D eigenvalue weighted by atomic mass is 10.1. The van der Waals surface area contributed by atoms with Crippen LogP contribution in [0.25, 0.3) is 11.5 Å². The van der Waals surface area contributed by atoms with Crippen molar-refractivity contribution in [1.29, 1.82) is 0 Å². The maximum Gasteiger partial charge on any atom is 0.316 e. The molecule has 10 heteroatoms. The van der Waals surface area contributed by atoms with Gasteiger partial charge in [-0.25, -0.2) is 13.5 Å². The van der Waals surface area contributed by atoms with Gasteiger partial charge in [-0.3, -0.25) is 4.79 Å². The molecule has 8 nitrogen and oxygen atoms in total. The molecule has 0 saturated heterocycles. The van der Waals surface area contributed by atoms with E-state index >= 15 is 0 Å². The summed E-state index contributed by atoms with van der Waals surface area (Å²) in [7, 11) is 0. The largest absolute Gasteiger partial charge is 0.328 e. The minimum absolute atomic E-state index is 0.0601. The number of amides is 1.